The number of carbonyl (C=O) groups is 1. The second kappa shape index (κ2) is 3.20. The number of hydrogen-bond donors (Lipinski definition) is 1. The minimum Gasteiger partial charge on any atom is -0.350 e. The molecule has 64 valence electrons. The first kappa shape index (κ1) is 8.50. The van der Waals surface area contributed by atoms with Crippen LogP contribution < -0.4 is 5.32 Å². The molecule has 2 atom stereocenters. The molecule has 1 rings (SSSR count). The van der Waals surface area contributed by atoms with E-state index in [1.165, 1.54) is 0 Å². The first-order chi connectivity index (χ1) is 5.09. The van der Waals surface area contributed by atoms with Gasteiger partial charge in [-0.1, -0.05) is 13.8 Å². The summed E-state index contributed by atoms with van der Waals surface area (Å²) in [7, 11) is 0. The highest BCUT2D eigenvalue weighted by atomic mass is 19.1. The molecule has 1 N–H and O–H groups in total. The van der Waals surface area contributed by atoms with Gasteiger partial charge >= 0.3 is 0 Å². The zero-order valence-electron chi connectivity index (χ0n) is 6.93. The lowest BCUT2D eigenvalue weighted by molar-refractivity contribution is -0.122. The first-order valence-electron chi connectivity index (χ1n) is 4.03. The van der Waals surface area contributed by atoms with Crippen molar-refractivity contribution < 1.29 is 9.18 Å². The van der Waals surface area contributed by atoms with Crippen LogP contribution in [-0.4, -0.2) is 18.1 Å². The number of alkyl halides is 1. The molecular formula is C8H14FNO. The highest BCUT2D eigenvalue weighted by Crippen LogP contribution is 2.24. The van der Waals surface area contributed by atoms with E-state index in [1.54, 1.807) is 0 Å². The average Bonchev–Trinajstić information content (AvgIpc) is 2.43. The van der Waals surface area contributed by atoms with Gasteiger partial charge in [-0.2, -0.15) is 0 Å². The Bertz CT molecular complexity index is 158. The zero-order chi connectivity index (χ0) is 8.43. The first-order valence-corrected chi connectivity index (χ1v) is 4.03. The minimum absolute atomic E-state index is 0.0230. The quantitative estimate of drug-likeness (QED) is 0.660. The molecule has 2 nitrogen and oxygen atoms in total. The van der Waals surface area contributed by atoms with Crippen LogP contribution >= 0.6 is 0 Å². The fourth-order valence-corrected chi connectivity index (χ4v) is 0.950. The molecule has 1 aliphatic carbocycles. The Morgan fingerprint density at radius 1 is 1.73 bits per heavy atom. The summed E-state index contributed by atoms with van der Waals surface area (Å²) in [5.41, 5.74) is 0. The van der Waals surface area contributed by atoms with Crippen LogP contribution in [0.4, 0.5) is 4.39 Å². The molecular weight excluding hydrogens is 145 g/mol. The van der Waals surface area contributed by atoms with Crippen LogP contribution in [0.5, 0.6) is 0 Å². The Morgan fingerprint density at radius 2 is 2.27 bits per heavy atom. The van der Waals surface area contributed by atoms with Gasteiger partial charge in [0, 0.05) is 12.8 Å². The third kappa shape index (κ3) is 2.87. The third-order valence-electron chi connectivity index (χ3n) is 1.65. The number of carbonyl (C=O) groups excluding carboxylic acids is 1. The van der Waals surface area contributed by atoms with Crippen molar-refractivity contribution in [1.29, 1.82) is 0 Å². The van der Waals surface area contributed by atoms with E-state index in [2.05, 4.69) is 5.32 Å². The lowest BCUT2D eigenvalue weighted by atomic mass is 10.1. The standard InChI is InChI=1S/C8H14FNO/c1-5(2)3-8(11)10-7-4-6(7)9/h5-7H,3-4H2,1-2H3,(H,10,11)/t6-,7+/m1/s1. The van der Waals surface area contributed by atoms with E-state index in [9.17, 15) is 9.18 Å². The van der Waals surface area contributed by atoms with Crippen LogP contribution in [0, 0.1) is 5.92 Å². The fraction of sp³-hybridized carbons (Fsp3) is 0.875. The number of rotatable bonds is 3. The van der Waals surface area contributed by atoms with Crippen molar-refractivity contribution in [1.82, 2.24) is 5.32 Å². The van der Waals surface area contributed by atoms with E-state index in [1.807, 2.05) is 13.8 Å². The molecule has 0 aliphatic heterocycles. The summed E-state index contributed by atoms with van der Waals surface area (Å²) in [6.07, 6.45) is 0.221. The fourth-order valence-electron chi connectivity index (χ4n) is 0.950. The number of hydrogen-bond acceptors (Lipinski definition) is 1. The summed E-state index contributed by atoms with van der Waals surface area (Å²) < 4.78 is 12.3. The average molecular weight is 159 g/mol. The Hall–Kier alpha value is -0.600. The van der Waals surface area contributed by atoms with Crippen LogP contribution in [0.3, 0.4) is 0 Å². The van der Waals surface area contributed by atoms with Crippen molar-refractivity contribution >= 4 is 5.91 Å². The van der Waals surface area contributed by atoms with Crippen molar-refractivity contribution in [3.63, 3.8) is 0 Å². The third-order valence-corrected chi connectivity index (χ3v) is 1.65. The van der Waals surface area contributed by atoms with E-state index < -0.39 is 6.17 Å². The summed E-state index contributed by atoms with van der Waals surface area (Å²) in [6.45, 7) is 3.94. The van der Waals surface area contributed by atoms with Gasteiger partial charge in [-0.05, 0) is 5.92 Å². The lowest BCUT2D eigenvalue weighted by Crippen LogP contribution is -2.27. The van der Waals surface area contributed by atoms with Gasteiger partial charge in [0.15, 0.2) is 0 Å². The largest absolute Gasteiger partial charge is 0.350 e. The Labute approximate surface area is 66.2 Å². The van der Waals surface area contributed by atoms with Gasteiger partial charge in [0.05, 0.1) is 6.04 Å². The second-order valence-corrected chi connectivity index (χ2v) is 3.52. The molecule has 0 bridgehead atoms. The van der Waals surface area contributed by atoms with Crippen molar-refractivity contribution in [3.05, 3.63) is 0 Å². The van der Waals surface area contributed by atoms with Gasteiger partial charge in [-0.25, -0.2) is 4.39 Å². The molecule has 0 unspecified atom stereocenters. The molecule has 0 heterocycles. The smallest absolute Gasteiger partial charge is 0.220 e. The molecule has 1 amide bonds. The maximum atomic E-state index is 12.3. The predicted molar refractivity (Wildman–Crippen MR) is 40.9 cm³/mol. The summed E-state index contributed by atoms with van der Waals surface area (Å²) in [5, 5.41) is 2.62. The van der Waals surface area contributed by atoms with Crippen LogP contribution in [0.2, 0.25) is 0 Å². The molecule has 0 radical (unpaired) electrons. The molecule has 0 saturated heterocycles. The summed E-state index contributed by atoms with van der Waals surface area (Å²) in [4.78, 5) is 11.0. The SMILES string of the molecule is CC(C)CC(=O)N[C@H]1C[C@H]1F. The Balaban J connectivity index is 2.11. The number of amides is 1. The molecule has 0 spiro atoms. The van der Waals surface area contributed by atoms with Gasteiger partial charge in [-0.3, -0.25) is 4.79 Å². The summed E-state index contributed by atoms with van der Waals surface area (Å²) >= 11 is 0. The van der Waals surface area contributed by atoms with E-state index in [0.717, 1.165) is 0 Å². The van der Waals surface area contributed by atoms with Crippen LogP contribution in [0.25, 0.3) is 0 Å². The van der Waals surface area contributed by atoms with Gasteiger partial charge in [0.2, 0.25) is 5.91 Å². The molecule has 1 saturated carbocycles. The van der Waals surface area contributed by atoms with Crippen molar-refractivity contribution in [2.24, 2.45) is 5.92 Å². The molecule has 11 heavy (non-hydrogen) atoms. The molecule has 3 heteroatoms. The lowest BCUT2D eigenvalue weighted by Gasteiger charge is -2.04. The maximum Gasteiger partial charge on any atom is 0.220 e. The van der Waals surface area contributed by atoms with E-state index in [4.69, 9.17) is 0 Å². The monoisotopic (exact) mass is 159 g/mol. The van der Waals surface area contributed by atoms with E-state index in [-0.39, 0.29) is 11.9 Å². The van der Waals surface area contributed by atoms with Crippen LogP contribution in [0.15, 0.2) is 0 Å². The van der Waals surface area contributed by atoms with Crippen molar-refractivity contribution in [2.75, 3.05) is 0 Å². The van der Waals surface area contributed by atoms with Crippen LogP contribution in [-0.2, 0) is 4.79 Å². The van der Waals surface area contributed by atoms with Gasteiger partial charge < -0.3 is 5.32 Å². The molecule has 0 aromatic carbocycles. The molecule has 1 aliphatic rings. The Morgan fingerprint density at radius 3 is 2.64 bits per heavy atom. The van der Waals surface area contributed by atoms with Crippen LogP contribution in [0.1, 0.15) is 26.7 Å². The summed E-state index contributed by atoms with van der Waals surface area (Å²) in [6, 6.07) is -0.179. The molecule has 0 aromatic heterocycles. The molecule has 1 fully saturated rings. The van der Waals surface area contributed by atoms with Gasteiger partial charge in [0.25, 0.3) is 0 Å². The van der Waals surface area contributed by atoms with Gasteiger partial charge in [-0.15, -0.1) is 0 Å². The zero-order valence-corrected chi connectivity index (χ0v) is 6.93. The number of nitrogens with one attached hydrogen (secondary N) is 1. The summed E-state index contributed by atoms with van der Waals surface area (Å²) in [5.74, 6) is 0.331. The maximum absolute atomic E-state index is 12.3. The van der Waals surface area contributed by atoms with E-state index in [0.29, 0.717) is 18.8 Å². The second-order valence-electron chi connectivity index (χ2n) is 3.52. The molecule has 0 aromatic rings. The predicted octanol–water partition coefficient (Wildman–Crippen LogP) is 1.26. The van der Waals surface area contributed by atoms with Gasteiger partial charge in [0.1, 0.15) is 6.17 Å². The van der Waals surface area contributed by atoms with Crippen molar-refractivity contribution in [2.45, 2.75) is 38.9 Å². The highest BCUT2D eigenvalue weighted by Gasteiger charge is 2.38. The highest BCUT2D eigenvalue weighted by molar-refractivity contribution is 5.76. The van der Waals surface area contributed by atoms with E-state index >= 15 is 0 Å². The topological polar surface area (TPSA) is 29.1 Å². The number of halogens is 1. The Kier molecular flexibility index (Phi) is 2.47. The minimum atomic E-state index is -0.786. The van der Waals surface area contributed by atoms with Crippen molar-refractivity contribution in [3.8, 4) is 0 Å². The normalized spacial score (nSPS) is 28.7.